The molecule has 0 saturated heterocycles. The molecule has 1 aromatic heterocycles. The van der Waals surface area contributed by atoms with Crippen LogP contribution in [0.15, 0.2) is 30.5 Å². The van der Waals surface area contributed by atoms with Gasteiger partial charge >= 0.3 is 0 Å². The van der Waals surface area contributed by atoms with Crippen molar-refractivity contribution in [1.29, 1.82) is 0 Å². The lowest BCUT2D eigenvalue weighted by atomic mass is 10.2. The van der Waals surface area contributed by atoms with Crippen LogP contribution in [-0.4, -0.2) is 41.3 Å². The summed E-state index contributed by atoms with van der Waals surface area (Å²) in [5.41, 5.74) is 2.00. The maximum atomic E-state index is 4.12. The first-order valence-electron chi connectivity index (χ1n) is 6.83. The zero-order valence-corrected chi connectivity index (χ0v) is 11.9. The Kier molecular flexibility index (Phi) is 4.68. The van der Waals surface area contributed by atoms with E-state index in [-0.39, 0.29) is 0 Å². The van der Waals surface area contributed by atoms with E-state index in [1.165, 1.54) is 0 Å². The molecule has 4 nitrogen and oxygen atoms in total. The summed E-state index contributed by atoms with van der Waals surface area (Å²) < 4.78 is 0. The number of nitrogens with one attached hydrogen (secondary N) is 1. The molecule has 0 atom stereocenters. The van der Waals surface area contributed by atoms with Gasteiger partial charge in [0.15, 0.2) is 0 Å². The molecule has 1 N–H and O–H groups in total. The van der Waals surface area contributed by atoms with Crippen LogP contribution in [0.2, 0.25) is 0 Å². The summed E-state index contributed by atoms with van der Waals surface area (Å²) in [7, 11) is 2.16. The average molecular weight is 258 g/mol. The van der Waals surface area contributed by atoms with Gasteiger partial charge in [0.05, 0.1) is 17.4 Å². The van der Waals surface area contributed by atoms with Crippen LogP contribution in [0.1, 0.15) is 20.3 Å². The highest BCUT2D eigenvalue weighted by Crippen LogP contribution is 2.19. The van der Waals surface area contributed by atoms with Crippen molar-refractivity contribution in [3.8, 4) is 0 Å². The van der Waals surface area contributed by atoms with Crippen molar-refractivity contribution in [2.75, 3.05) is 25.5 Å². The fourth-order valence-electron chi connectivity index (χ4n) is 1.96. The minimum atomic E-state index is 0.600. The van der Waals surface area contributed by atoms with Crippen LogP contribution in [0.4, 0.5) is 5.69 Å². The number of nitrogens with zero attached hydrogens (tertiary/aromatic N) is 3. The molecule has 0 aliphatic carbocycles. The third-order valence-corrected chi connectivity index (χ3v) is 3.43. The van der Waals surface area contributed by atoms with E-state index in [2.05, 4.69) is 47.4 Å². The Labute approximate surface area is 114 Å². The van der Waals surface area contributed by atoms with Crippen molar-refractivity contribution in [3.63, 3.8) is 0 Å². The molecule has 0 radical (unpaired) electrons. The smallest absolute Gasteiger partial charge is 0.0950 e. The number of hydrogen-bond donors (Lipinski definition) is 1. The van der Waals surface area contributed by atoms with Crippen LogP contribution < -0.4 is 5.32 Å². The number of anilines is 1. The van der Waals surface area contributed by atoms with E-state index in [0.717, 1.165) is 36.1 Å². The first-order chi connectivity index (χ1) is 9.18. The normalized spacial score (nSPS) is 11.4. The lowest BCUT2D eigenvalue weighted by Crippen LogP contribution is -2.28. The van der Waals surface area contributed by atoms with Crippen LogP contribution in [0, 0.1) is 0 Å². The molecule has 0 spiro atoms. The quantitative estimate of drug-likeness (QED) is 0.809. The molecular formula is C15H22N4. The molecule has 0 amide bonds. The Bertz CT molecular complexity index is 519. The monoisotopic (exact) mass is 258 g/mol. The number of aromatic nitrogens is 2. The predicted molar refractivity (Wildman–Crippen MR) is 80.4 cm³/mol. The highest BCUT2D eigenvalue weighted by molar-refractivity contribution is 5.90. The van der Waals surface area contributed by atoms with Gasteiger partial charge in [-0.05, 0) is 39.9 Å². The Balaban J connectivity index is 1.92. The molecule has 0 aliphatic rings. The molecule has 19 heavy (non-hydrogen) atoms. The first kappa shape index (κ1) is 13.7. The molecule has 2 rings (SSSR count). The van der Waals surface area contributed by atoms with Gasteiger partial charge in [-0.2, -0.15) is 10.2 Å². The van der Waals surface area contributed by atoms with Gasteiger partial charge in [0.25, 0.3) is 0 Å². The van der Waals surface area contributed by atoms with Gasteiger partial charge in [-0.15, -0.1) is 0 Å². The molecule has 1 heterocycles. The minimum absolute atomic E-state index is 0.600. The third-order valence-electron chi connectivity index (χ3n) is 3.43. The van der Waals surface area contributed by atoms with Crippen LogP contribution in [0.25, 0.3) is 10.9 Å². The van der Waals surface area contributed by atoms with Gasteiger partial charge in [-0.3, -0.25) is 0 Å². The molecule has 1 aromatic carbocycles. The summed E-state index contributed by atoms with van der Waals surface area (Å²) in [6.07, 6.45) is 2.92. The van der Waals surface area contributed by atoms with E-state index >= 15 is 0 Å². The van der Waals surface area contributed by atoms with E-state index in [9.17, 15) is 0 Å². The third kappa shape index (κ3) is 3.64. The summed E-state index contributed by atoms with van der Waals surface area (Å²) in [5.74, 6) is 0. The topological polar surface area (TPSA) is 41.0 Å². The number of fused-ring (bicyclic) bond motifs is 1. The predicted octanol–water partition coefficient (Wildman–Crippen LogP) is 2.77. The standard InChI is InChI=1S/C15H22N4/c1-12(2)19(3)10-6-9-16-15-11-17-18-14-8-5-4-7-13(14)15/h4-5,7-8,11-12H,6,9-10H2,1-3H3,(H,16,18). The Hall–Kier alpha value is -1.68. The van der Waals surface area contributed by atoms with E-state index in [0.29, 0.717) is 6.04 Å². The maximum absolute atomic E-state index is 4.12. The van der Waals surface area contributed by atoms with Crippen molar-refractivity contribution in [3.05, 3.63) is 30.5 Å². The van der Waals surface area contributed by atoms with Gasteiger partial charge < -0.3 is 10.2 Å². The van der Waals surface area contributed by atoms with Crippen molar-refractivity contribution >= 4 is 16.6 Å². The Morgan fingerprint density at radius 3 is 2.84 bits per heavy atom. The van der Waals surface area contributed by atoms with Gasteiger partial charge in [0.1, 0.15) is 0 Å². The second-order valence-corrected chi connectivity index (χ2v) is 5.13. The van der Waals surface area contributed by atoms with Gasteiger partial charge in [-0.1, -0.05) is 18.2 Å². The van der Waals surface area contributed by atoms with Crippen LogP contribution in [0.5, 0.6) is 0 Å². The molecule has 0 fully saturated rings. The zero-order valence-electron chi connectivity index (χ0n) is 11.9. The first-order valence-corrected chi connectivity index (χ1v) is 6.83. The maximum Gasteiger partial charge on any atom is 0.0950 e. The fourth-order valence-corrected chi connectivity index (χ4v) is 1.96. The molecule has 0 saturated carbocycles. The summed E-state index contributed by atoms with van der Waals surface area (Å²) in [6, 6.07) is 8.68. The minimum Gasteiger partial charge on any atom is -0.383 e. The van der Waals surface area contributed by atoms with E-state index in [4.69, 9.17) is 0 Å². The van der Waals surface area contributed by atoms with E-state index in [1.807, 2.05) is 18.2 Å². The Morgan fingerprint density at radius 1 is 1.26 bits per heavy atom. The highest BCUT2D eigenvalue weighted by atomic mass is 15.1. The summed E-state index contributed by atoms with van der Waals surface area (Å²) in [6.45, 7) is 6.48. The van der Waals surface area contributed by atoms with E-state index in [1.54, 1.807) is 6.20 Å². The lowest BCUT2D eigenvalue weighted by molar-refractivity contribution is 0.273. The molecule has 102 valence electrons. The summed E-state index contributed by atoms with van der Waals surface area (Å²) in [5, 5.41) is 12.7. The van der Waals surface area contributed by atoms with Crippen molar-refractivity contribution < 1.29 is 0 Å². The van der Waals surface area contributed by atoms with Crippen molar-refractivity contribution in [1.82, 2.24) is 15.1 Å². The number of hydrogen-bond acceptors (Lipinski definition) is 4. The second kappa shape index (κ2) is 6.48. The Morgan fingerprint density at radius 2 is 2.05 bits per heavy atom. The van der Waals surface area contributed by atoms with Crippen LogP contribution in [0.3, 0.4) is 0 Å². The molecule has 0 aliphatic heterocycles. The lowest BCUT2D eigenvalue weighted by Gasteiger charge is -2.20. The SMILES string of the molecule is CC(C)N(C)CCCNc1cnnc2ccccc12. The molecule has 0 bridgehead atoms. The van der Waals surface area contributed by atoms with Crippen molar-refractivity contribution in [2.24, 2.45) is 0 Å². The molecule has 2 aromatic rings. The number of benzene rings is 1. The van der Waals surface area contributed by atoms with Crippen LogP contribution >= 0.6 is 0 Å². The molecular weight excluding hydrogens is 236 g/mol. The molecule has 4 heteroatoms. The zero-order chi connectivity index (χ0) is 13.7. The van der Waals surface area contributed by atoms with E-state index < -0.39 is 0 Å². The second-order valence-electron chi connectivity index (χ2n) is 5.13. The van der Waals surface area contributed by atoms with Gasteiger partial charge in [-0.25, -0.2) is 0 Å². The fraction of sp³-hybridized carbons (Fsp3) is 0.467. The van der Waals surface area contributed by atoms with Gasteiger partial charge in [0, 0.05) is 18.0 Å². The largest absolute Gasteiger partial charge is 0.383 e. The highest BCUT2D eigenvalue weighted by Gasteiger charge is 2.03. The number of rotatable bonds is 6. The van der Waals surface area contributed by atoms with Crippen molar-refractivity contribution in [2.45, 2.75) is 26.3 Å². The van der Waals surface area contributed by atoms with Gasteiger partial charge in [0.2, 0.25) is 0 Å². The average Bonchev–Trinajstić information content (AvgIpc) is 2.43. The molecule has 0 unspecified atom stereocenters. The van der Waals surface area contributed by atoms with Crippen LogP contribution in [-0.2, 0) is 0 Å². The summed E-state index contributed by atoms with van der Waals surface area (Å²) >= 11 is 0. The summed E-state index contributed by atoms with van der Waals surface area (Å²) in [4.78, 5) is 2.35.